The van der Waals surface area contributed by atoms with Crippen molar-refractivity contribution in [2.24, 2.45) is 0 Å². The van der Waals surface area contributed by atoms with Crippen molar-refractivity contribution in [1.82, 2.24) is 5.32 Å². The molecule has 0 saturated carbocycles. The van der Waals surface area contributed by atoms with E-state index in [9.17, 15) is 4.39 Å². The van der Waals surface area contributed by atoms with Crippen molar-refractivity contribution >= 4 is 15.9 Å². The second kappa shape index (κ2) is 7.19. The van der Waals surface area contributed by atoms with Crippen molar-refractivity contribution in [2.45, 2.75) is 33.2 Å². The summed E-state index contributed by atoms with van der Waals surface area (Å²) in [7, 11) is 0. The molecule has 0 aromatic heterocycles. The first-order valence-corrected chi connectivity index (χ1v) is 8.07. The van der Waals surface area contributed by atoms with Gasteiger partial charge in [-0.25, -0.2) is 4.39 Å². The third-order valence-corrected chi connectivity index (χ3v) is 4.23. The summed E-state index contributed by atoms with van der Waals surface area (Å²) in [5, 5.41) is 3.45. The van der Waals surface area contributed by atoms with E-state index in [0.717, 1.165) is 23.0 Å². The molecule has 1 atom stereocenters. The van der Waals surface area contributed by atoms with Crippen LogP contribution in [0.1, 0.15) is 41.6 Å². The molecule has 0 heterocycles. The highest BCUT2D eigenvalue weighted by molar-refractivity contribution is 9.10. The second-order valence-corrected chi connectivity index (χ2v) is 6.31. The second-order valence-electron chi connectivity index (χ2n) is 5.40. The zero-order valence-corrected chi connectivity index (χ0v) is 14.3. The molecular weight excluding hydrogens is 329 g/mol. The largest absolute Gasteiger partial charge is 0.306 e. The van der Waals surface area contributed by atoms with Crippen LogP contribution in [-0.4, -0.2) is 6.54 Å². The van der Waals surface area contributed by atoms with E-state index in [0.29, 0.717) is 5.56 Å². The van der Waals surface area contributed by atoms with E-state index in [2.05, 4.69) is 60.2 Å². The molecule has 21 heavy (non-hydrogen) atoms. The van der Waals surface area contributed by atoms with Crippen LogP contribution in [0.25, 0.3) is 0 Å². The number of rotatable bonds is 5. The van der Waals surface area contributed by atoms with Gasteiger partial charge in [-0.05, 0) is 55.6 Å². The predicted octanol–water partition coefficient (Wildman–Crippen LogP) is 5.29. The van der Waals surface area contributed by atoms with E-state index >= 15 is 0 Å². The summed E-state index contributed by atoms with van der Waals surface area (Å²) in [6.07, 6.45) is 1.01. The molecule has 3 heteroatoms. The fraction of sp³-hybridized carbons (Fsp3) is 0.333. The maximum atomic E-state index is 14.3. The maximum absolute atomic E-state index is 14.3. The first-order chi connectivity index (χ1) is 10.0. The Hall–Kier alpha value is -1.19. The molecule has 1 N–H and O–H groups in total. The Balaban J connectivity index is 2.44. The number of nitrogens with one attached hydrogen (secondary N) is 1. The van der Waals surface area contributed by atoms with Gasteiger partial charge >= 0.3 is 0 Å². The normalized spacial score (nSPS) is 12.4. The van der Waals surface area contributed by atoms with E-state index in [-0.39, 0.29) is 11.9 Å². The Morgan fingerprint density at radius 3 is 2.48 bits per heavy atom. The molecule has 0 amide bonds. The Morgan fingerprint density at radius 2 is 1.86 bits per heavy atom. The quantitative estimate of drug-likeness (QED) is 0.772. The van der Waals surface area contributed by atoms with Gasteiger partial charge in [-0.15, -0.1) is 0 Å². The molecule has 0 fully saturated rings. The lowest BCUT2D eigenvalue weighted by molar-refractivity contribution is 0.546. The van der Waals surface area contributed by atoms with Gasteiger partial charge in [0.15, 0.2) is 0 Å². The van der Waals surface area contributed by atoms with Crippen LogP contribution in [0.4, 0.5) is 4.39 Å². The van der Waals surface area contributed by atoms with E-state index in [1.165, 1.54) is 17.2 Å². The minimum absolute atomic E-state index is 0.114. The van der Waals surface area contributed by atoms with Crippen molar-refractivity contribution in [3.05, 3.63) is 68.9 Å². The van der Waals surface area contributed by atoms with Crippen LogP contribution in [0.15, 0.2) is 40.9 Å². The fourth-order valence-electron chi connectivity index (χ4n) is 2.38. The molecule has 0 bridgehead atoms. The monoisotopic (exact) mass is 349 g/mol. The number of aryl methyl sites for hydroxylation is 2. The Kier molecular flexibility index (Phi) is 5.54. The van der Waals surface area contributed by atoms with Crippen LogP contribution in [0.3, 0.4) is 0 Å². The summed E-state index contributed by atoms with van der Waals surface area (Å²) in [4.78, 5) is 0. The molecule has 0 aliphatic carbocycles. The van der Waals surface area contributed by atoms with Crippen LogP contribution in [0, 0.1) is 19.7 Å². The molecule has 0 saturated heterocycles. The SMILES string of the molecule is CCCNC(c1ccc(C)c(C)c1)c1ccc(Br)cc1F. The third kappa shape index (κ3) is 3.92. The van der Waals surface area contributed by atoms with Gasteiger partial charge in [-0.2, -0.15) is 0 Å². The molecule has 0 aliphatic heterocycles. The van der Waals surface area contributed by atoms with Crippen LogP contribution in [0.5, 0.6) is 0 Å². The smallest absolute Gasteiger partial charge is 0.129 e. The number of hydrogen-bond acceptors (Lipinski definition) is 1. The van der Waals surface area contributed by atoms with Crippen LogP contribution in [-0.2, 0) is 0 Å². The minimum atomic E-state index is -0.184. The van der Waals surface area contributed by atoms with E-state index in [1.807, 2.05) is 12.1 Å². The minimum Gasteiger partial charge on any atom is -0.306 e. The highest BCUT2D eigenvalue weighted by atomic mass is 79.9. The molecule has 0 aliphatic rings. The summed E-state index contributed by atoms with van der Waals surface area (Å²) < 4.78 is 15.1. The number of hydrogen-bond donors (Lipinski definition) is 1. The van der Waals surface area contributed by atoms with Crippen LogP contribution in [0.2, 0.25) is 0 Å². The standard InChI is InChI=1S/C18H21BrFN/c1-4-9-21-18(14-6-5-12(2)13(3)10-14)16-8-7-15(19)11-17(16)20/h5-8,10-11,18,21H,4,9H2,1-3H3. The van der Waals surface area contributed by atoms with Gasteiger partial charge < -0.3 is 5.32 Å². The number of benzene rings is 2. The van der Waals surface area contributed by atoms with E-state index in [1.54, 1.807) is 0 Å². The molecule has 2 aromatic rings. The lowest BCUT2D eigenvalue weighted by atomic mass is 9.95. The van der Waals surface area contributed by atoms with Gasteiger partial charge in [0.05, 0.1) is 6.04 Å². The van der Waals surface area contributed by atoms with Crippen molar-refractivity contribution in [3.63, 3.8) is 0 Å². The van der Waals surface area contributed by atoms with Crippen LogP contribution < -0.4 is 5.32 Å². The summed E-state index contributed by atoms with van der Waals surface area (Å²) >= 11 is 3.32. The summed E-state index contributed by atoms with van der Waals surface area (Å²) in [5.41, 5.74) is 4.28. The Labute approximate surface area is 134 Å². The molecule has 2 aromatic carbocycles. The predicted molar refractivity (Wildman–Crippen MR) is 90.2 cm³/mol. The highest BCUT2D eigenvalue weighted by Crippen LogP contribution is 2.27. The molecular formula is C18H21BrFN. The third-order valence-electron chi connectivity index (χ3n) is 3.74. The average molecular weight is 350 g/mol. The molecule has 112 valence electrons. The summed E-state index contributed by atoms with van der Waals surface area (Å²) in [5.74, 6) is -0.184. The van der Waals surface area contributed by atoms with E-state index in [4.69, 9.17) is 0 Å². The van der Waals surface area contributed by atoms with Crippen molar-refractivity contribution in [3.8, 4) is 0 Å². The summed E-state index contributed by atoms with van der Waals surface area (Å²) in [6.45, 7) is 7.15. The lowest BCUT2D eigenvalue weighted by Gasteiger charge is -2.21. The lowest BCUT2D eigenvalue weighted by Crippen LogP contribution is -2.24. The van der Waals surface area contributed by atoms with Crippen molar-refractivity contribution in [2.75, 3.05) is 6.54 Å². The van der Waals surface area contributed by atoms with Gasteiger partial charge in [0, 0.05) is 10.0 Å². The topological polar surface area (TPSA) is 12.0 Å². The first kappa shape index (κ1) is 16.2. The Bertz CT molecular complexity index is 625. The molecule has 0 spiro atoms. The molecule has 0 radical (unpaired) electrons. The average Bonchev–Trinajstić information content (AvgIpc) is 2.44. The van der Waals surface area contributed by atoms with Gasteiger partial charge in [-0.3, -0.25) is 0 Å². The zero-order chi connectivity index (χ0) is 15.4. The van der Waals surface area contributed by atoms with Crippen LogP contribution >= 0.6 is 15.9 Å². The van der Waals surface area contributed by atoms with Crippen molar-refractivity contribution in [1.29, 1.82) is 0 Å². The van der Waals surface area contributed by atoms with E-state index < -0.39 is 0 Å². The molecule has 1 nitrogen and oxygen atoms in total. The van der Waals surface area contributed by atoms with Crippen molar-refractivity contribution < 1.29 is 4.39 Å². The maximum Gasteiger partial charge on any atom is 0.129 e. The Morgan fingerprint density at radius 1 is 1.10 bits per heavy atom. The molecule has 2 rings (SSSR count). The van der Waals surface area contributed by atoms with Gasteiger partial charge in [0.2, 0.25) is 0 Å². The van der Waals surface area contributed by atoms with Gasteiger partial charge in [-0.1, -0.05) is 47.1 Å². The highest BCUT2D eigenvalue weighted by Gasteiger charge is 2.17. The summed E-state index contributed by atoms with van der Waals surface area (Å²) in [6, 6.07) is 11.5. The fourth-order valence-corrected chi connectivity index (χ4v) is 2.71. The number of halogens is 2. The van der Waals surface area contributed by atoms with Gasteiger partial charge in [0.25, 0.3) is 0 Å². The van der Waals surface area contributed by atoms with Gasteiger partial charge in [0.1, 0.15) is 5.82 Å². The first-order valence-electron chi connectivity index (χ1n) is 7.28. The zero-order valence-electron chi connectivity index (χ0n) is 12.7. The molecule has 1 unspecified atom stereocenters.